The quantitative estimate of drug-likeness (QED) is 0.829. The molecule has 0 spiro atoms. The third-order valence-corrected chi connectivity index (χ3v) is 4.10. The molecule has 2 aromatic carbocycles. The average molecular weight is 321 g/mol. The number of anilines is 1. The third-order valence-electron chi connectivity index (χ3n) is 2.72. The molecule has 7 heteroatoms. The maximum atomic E-state index is 13.3. The molecule has 2 N–H and O–H groups in total. The molecule has 0 saturated carbocycles. The minimum Gasteiger partial charge on any atom is -0.478 e. The van der Waals surface area contributed by atoms with Gasteiger partial charge in [0.15, 0.2) is 0 Å². The van der Waals surface area contributed by atoms with Gasteiger partial charge in [-0.05, 0) is 42.0 Å². The Hall–Kier alpha value is -2.67. The van der Waals surface area contributed by atoms with Gasteiger partial charge in [0.2, 0.25) is 0 Å². The normalized spacial score (nSPS) is 11.5. The van der Waals surface area contributed by atoms with Gasteiger partial charge in [0.05, 0.1) is 10.6 Å². The molecule has 0 aliphatic heterocycles. The van der Waals surface area contributed by atoms with Crippen molar-refractivity contribution in [2.24, 2.45) is 0 Å². The van der Waals surface area contributed by atoms with E-state index in [0.29, 0.717) is 0 Å². The van der Waals surface area contributed by atoms with E-state index in [1.165, 1.54) is 24.3 Å². The summed E-state index contributed by atoms with van der Waals surface area (Å²) in [7, 11) is -3.89. The number of halogens is 1. The highest BCUT2D eigenvalue weighted by Gasteiger charge is 2.15. The molecule has 2 rings (SSSR count). The summed E-state index contributed by atoms with van der Waals surface area (Å²) in [5.41, 5.74) is 0.199. The zero-order valence-electron chi connectivity index (χ0n) is 11.2. The Labute approximate surface area is 126 Å². The van der Waals surface area contributed by atoms with E-state index in [-0.39, 0.29) is 16.1 Å². The average Bonchev–Trinajstić information content (AvgIpc) is 2.47. The molecular formula is C15H12FNO4S. The number of carboxylic acids is 1. The number of benzene rings is 2. The second kappa shape index (κ2) is 6.40. The fourth-order valence-electron chi connectivity index (χ4n) is 1.73. The number of rotatable bonds is 5. The van der Waals surface area contributed by atoms with Crippen LogP contribution in [0.15, 0.2) is 59.5 Å². The fourth-order valence-corrected chi connectivity index (χ4v) is 2.83. The number of aliphatic carboxylic acids is 1. The van der Waals surface area contributed by atoms with Gasteiger partial charge in [-0.15, -0.1) is 0 Å². The molecule has 0 heterocycles. The van der Waals surface area contributed by atoms with Crippen LogP contribution in [0.4, 0.5) is 10.1 Å². The van der Waals surface area contributed by atoms with Crippen molar-refractivity contribution >= 4 is 27.8 Å². The molecule has 0 unspecified atom stereocenters. The van der Waals surface area contributed by atoms with E-state index in [0.717, 1.165) is 18.2 Å². The number of hydrogen-bond acceptors (Lipinski definition) is 3. The van der Waals surface area contributed by atoms with Gasteiger partial charge in [-0.3, -0.25) is 4.72 Å². The van der Waals surface area contributed by atoms with Crippen LogP contribution in [0.3, 0.4) is 0 Å². The van der Waals surface area contributed by atoms with Gasteiger partial charge in [0.1, 0.15) is 5.82 Å². The number of nitrogens with one attached hydrogen (secondary N) is 1. The van der Waals surface area contributed by atoms with Gasteiger partial charge >= 0.3 is 5.97 Å². The summed E-state index contributed by atoms with van der Waals surface area (Å²) >= 11 is 0. The third kappa shape index (κ3) is 3.92. The SMILES string of the molecule is O=C(O)C=Cc1ccc(F)cc1NS(=O)(=O)c1ccccc1. The lowest BCUT2D eigenvalue weighted by molar-refractivity contribution is -0.131. The van der Waals surface area contributed by atoms with Crippen LogP contribution in [0.2, 0.25) is 0 Å². The number of hydrogen-bond donors (Lipinski definition) is 2. The smallest absolute Gasteiger partial charge is 0.328 e. The van der Waals surface area contributed by atoms with Crippen molar-refractivity contribution in [3.8, 4) is 0 Å². The molecule has 0 saturated heterocycles. The van der Waals surface area contributed by atoms with Crippen LogP contribution in [0.25, 0.3) is 6.08 Å². The highest BCUT2D eigenvalue weighted by atomic mass is 32.2. The Bertz CT molecular complexity index is 817. The summed E-state index contributed by atoms with van der Waals surface area (Å²) in [6.07, 6.45) is 2.03. The molecule has 0 aliphatic carbocycles. The molecule has 0 aliphatic rings. The maximum absolute atomic E-state index is 13.3. The van der Waals surface area contributed by atoms with Gasteiger partial charge in [0, 0.05) is 6.08 Å². The Morgan fingerprint density at radius 2 is 1.82 bits per heavy atom. The lowest BCUT2D eigenvalue weighted by Gasteiger charge is -2.11. The first-order valence-corrected chi connectivity index (χ1v) is 7.65. The van der Waals surface area contributed by atoms with Gasteiger partial charge in [-0.2, -0.15) is 0 Å². The Kier molecular flexibility index (Phi) is 4.57. The topological polar surface area (TPSA) is 83.5 Å². The Balaban J connectivity index is 2.40. The molecule has 22 heavy (non-hydrogen) atoms. The van der Waals surface area contributed by atoms with E-state index < -0.39 is 21.8 Å². The van der Waals surface area contributed by atoms with Crippen LogP contribution in [0.1, 0.15) is 5.56 Å². The first-order chi connectivity index (χ1) is 10.4. The predicted octanol–water partition coefficient (Wildman–Crippen LogP) is 2.72. The van der Waals surface area contributed by atoms with E-state index in [4.69, 9.17) is 5.11 Å². The van der Waals surface area contributed by atoms with E-state index in [9.17, 15) is 17.6 Å². The summed E-state index contributed by atoms with van der Waals surface area (Å²) in [6, 6.07) is 11.0. The van der Waals surface area contributed by atoms with Crippen LogP contribution in [-0.4, -0.2) is 19.5 Å². The van der Waals surface area contributed by atoms with Gasteiger partial charge in [-0.1, -0.05) is 18.2 Å². The summed E-state index contributed by atoms with van der Waals surface area (Å²) in [5.74, 6) is -1.83. The van der Waals surface area contributed by atoms with Crippen molar-refractivity contribution in [1.82, 2.24) is 0 Å². The molecule has 2 aromatic rings. The number of carbonyl (C=O) groups is 1. The molecule has 0 atom stereocenters. The van der Waals surface area contributed by atoms with Crippen LogP contribution in [-0.2, 0) is 14.8 Å². The highest BCUT2D eigenvalue weighted by molar-refractivity contribution is 7.92. The standard InChI is InChI=1S/C15H12FNO4S/c16-12-8-6-11(7-9-15(18)19)14(10-12)17-22(20,21)13-4-2-1-3-5-13/h1-10,17H,(H,18,19). The molecular weight excluding hydrogens is 309 g/mol. The van der Waals surface area contributed by atoms with E-state index in [2.05, 4.69) is 4.72 Å². The van der Waals surface area contributed by atoms with Gasteiger partial charge < -0.3 is 5.11 Å². The molecule has 0 fully saturated rings. The predicted molar refractivity (Wildman–Crippen MR) is 80.3 cm³/mol. The second-order valence-electron chi connectivity index (χ2n) is 4.32. The van der Waals surface area contributed by atoms with Crippen molar-refractivity contribution < 1.29 is 22.7 Å². The molecule has 114 valence electrons. The number of carboxylic acid groups (broad SMARTS) is 1. The van der Waals surface area contributed by atoms with E-state index >= 15 is 0 Å². The van der Waals surface area contributed by atoms with Crippen molar-refractivity contribution in [1.29, 1.82) is 0 Å². The van der Waals surface area contributed by atoms with Crippen molar-refractivity contribution in [2.45, 2.75) is 4.90 Å². The summed E-state index contributed by atoms with van der Waals surface area (Å²) in [4.78, 5) is 10.6. The molecule has 0 bridgehead atoms. The molecule has 0 aromatic heterocycles. The van der Waals surface area contributed by atoms with Gasteiger partial charge in [-0.25, -0.2) is 17.6 Å². The zero-order valence-corrected chi connectivity index (χ0v) is 12.0. The molecule has 0 amide bonds. The van der Waals surface area contributed by atoms with Crippen LogP contribution >= 0.6 is 0 Å². The lowest BCUT2D eigenvalue weighted by atomic mass is 10.1. The minimum atomic E-state index is -3.89. The summed E-state index contributed by atoms with van der Waals surface area (Å²) in [5, 5.41) is 8.63. The first kappa shape index (κ1) is 15.7. The van der Waals surface area contributed by atoms with Crippen LogP contribution in [0, 0.1) is 5.82 Å². The lowest BCUT2D eigenvalue weighted by Crippen LogP contribution is -2.13. The molecule has 5 nitrogen and oxygen atoms in total. The molecule has 0 radical (unpaired) electrons. The fraction of sp³-hybridized carbons (Fsp3) is 0. The monoisotopic (exact) mass is 321 g/mol. The zero-order chi connectivity index (χ0) is 16.2. The first-order valence-electron chi connectivity index (χ1n) is 6.17. The van der Waals surface area contributed by atoms with Crippen molar-refractivity contribution in [3.63, 3.8) is 0 Å². The van der Waals surface area contributed by atoms with Crippen LogP contribution < -0.4 is 4.72 Å². The Morgan fingerprint density at radius 3 is 2.45 bits per heavy atom. The largest absolute Gasteiger partial charge is 0.478 e. The second-order valence-corrected chi connectivity index (χ2v) is 6.00. The minimum absolute atomic E-state index is 0.0208. The van der Waals surface area contributed by atoms with E-state index in [1.807, 2.05) is 0 Å². The summed E-state index contributed by atoms with van der Waals surface area (Å²) < 4.78 is 40.1. The van der Waals surface area contributed by atoms with Crippen molar-refractivity contribution in [3.05, 3.63) is 66.0 Å². The van der Waals surface area contributed by atoms with Gasteiger partial charge in [0.25, 0.3) is 10.0 Å². The highest BCUT2D eigenvalue weighted by Crippen LogP contribution is 2.22. The van der Waals surface area contributed by atoms with E-state index in [1.54, 1.807) is 18.2 Å². The Morgan fingerprint density at radius 1 is 1.14 bits per heavy atom. The summed E-state index contributed by atoms with van der Waals surface area (Å²) in [6.45, 7) is 0. The van der Waals surface area contributed by atoms with Crippen LogP contribution in [0.5, 0.6) is 0 Å². The maximum Gasteiger partial charge on any atom is 0.328 e. The number of sulfonamides is 1. The van der Waals surface area contributed by atoms with Crippen molar-refractivity contribution in [2.75, 3.05) is 4.72 Å².